The van der Waals surface area contributed by atoms with Crippen LogP contribution in [-0.4, -0.2) is 11.9 Å². The first-order valence-electron chi connectivity index (χ1n) is 4.34. The molecule has 0 spiro atoms. The van der Waals surface area contributed by atoms with Crippen LogP contribution in [0.2, 0.25) is 0 Å². The molecule has 1 heterocycles. The Hall–Kier alpha value is -1.17. The third kappa shape index (κ3) is 1.94. The van der Waals surface area contributed by atoms with Gasteiger partial charge in [-0.2, -0.15) is 0 Å². The van der Waals surface area contributed by atoms with Gasteiger partial charge in [0.05, 0.1) is 0 Å². The maximum Gasteiger partial charge on any atom is 0.363 e. The summed E-state index contributed by atoms with van der Waals surface area (Å²) in [4.78, 5) is 15.0. The number of esters is 1. The maximum absolute atomic E-state index is 11.1. The van der Waals surface area contributed by atoms with Crippen molar-refractivity contribution in [2.75, 3.05) is 0 Å². The molecule has 0 saturated heterocycles. The molecule has 15 heavy (non-hydrogen) atoms. The number of hydrogen-bond donors (Lipinski definition) is 0. The Labute approximate surface area is 101 Å². The zero-order chi connectivity index (χ0) is 11.0. The average Bonchev–Trinajstić information content (AvgIpc) is 2.52. The number of hydrogen-bond acceptors (Lipinski definition) is 3. The van der Waals surface area contributed by atoms with Gasteiger partial charge in [0.2, 0.25) is 5.90 Å². The first-order valence-corrected chi connectivity index (χ1v) is 5.42. The van der Waals surface area contributed by atoms with Gasteiger partial charge in [-0.15, -0.1) is 0 Å². The molecule has 4 heteroatoms. The highest BCUT2D eigenvalue weighted by Crippen LogP contribution is 2.18. The minimum absolute atomic E-state index is 0.153. The zero-order valence-corrected chi connectivity index (χ0v) is 10.2. The van der Waals surface area contributed by atoms with E-state index in [1.54, 1.807) is 0 Å². The first-order chi connectivity index (χ1) is 7.08. The molecule has 1 aliphatic heterocycles. The molecule has 0 bridgehead atoms. The largest absolute Gasteiger partial charge is 0.402 e. The minimum Gasteiger partial charge on any atom is -0.402 e. The highest BCUT2D eigenvalue weighted by Gasteiger charge is 2.22. The molecule has 76 valence electrons. The summed E-state index contributed by atoms with van der Waals surface area (Å²) < 4.78 is 6.08. The smallest absolute Gasteiger partial charge is 0.363 e. The molecule has 0 fully saturated rings. The van der Waals surface area contributed by atoms with Crippen LogP contribution in [0.5, 0.6) is 0 Å². The third-order valence-electron chi connectivity index (χ3n) is 2.08. The molecule has 1 aromatic rings. The number of nitrogens with zero attached hydrogens (tertiary/aromatic N) is 1. The van der Waals surface area contributed by atoms with Crippen LogP contribution in [-0.2, 0) is 9.53 Å². The molecular formula is C11H8INO2. The SMILES string of the molecule is C=C1N=C(c2ccc(C)c(I)c2)OC1=O. The summed E-state index contributed by atoms with van der Waals surface area (Å²) in [5.74, 6) is -0.136. The van der Waals surface area contributed by atoms with Crippen LogP contribution in [0.1, 0.15) is 11.1 Å². The van der Waals surface area contributed by atoms with Gasteiger partial charge in [-0.1, -0.05) is 12.6 Å². The van der Waals surface area contributed by atoms with Crippen LogP contribution in [0.4, 0.5) is 0 Å². The molecular weight excluding hydrogens is 305 g/mol. The lowest BCUT2D eigenvalue weighted by Crippen LogP contribution is -2.05. The Morgan fingerprint density at radius 3 is 2.73 bits per heavy atom. The number of carbonyl (C=O) groups excluding carboxylic acids is 1. The van der Waals surface area contributed by atoms with Crippen LogP contribution in [0, 0.1) is 10.5 Å². The van der Waals surface area contributed by atoms with Crippen molar-refractivity contribution in [2.24, 2.45) is 4.99 Å². The molecule has 0 N–H and O–H groups in total. The third-order valence-corrected chi connectivity index (χ3v) is 3.24. The Morgan fingerprint density at radius 1 is 1.47 bits per heavy atom. The fourth-order valence-electron chi connectivity index (χ4n) is 1.19. The Kier molecular flexibility index (Phi) is 2.60. The first kappa shape index (κ1) is 10.4. The van der Waals surface area contributed by atoms with Crippen molar-refractivity contribution >= 4 is 34.5 Å². The predicted molar refractivity (Wildman–Crippen MR) is 65.7 cm³/mol. The van der Waals surface area contributed by atoms with Gasteiger partial charge in [0.15, 0.2) is 0 Å². The van der Waals surface area contributed by atoms with E-state index in [9.17, 15) is 4.79 Å². The van der Waals surface area contributed by atoms with Gasteiger partial charge in [0.25, 0.3) is 0 Å². The summed E-state index contributed by atoms with van der Waals surface area (Å²) in [5.41, 5.74) is 2.14. The van der Waals surface area contributed by atoms with Gasteiger partial charge >= 0.3 is 5.97 Å². The van der Waals surface area contributed by atoms with E-state index in [0.29, 0.717) is 5.90 Å². The molecule has 1 aromatic carbocycles. The van der Waals surface area contributed by atoms with E-state index in [1.807, 2.05) is 25.1 Å². The van der Waals surface area contributed by atoms with Crippen LogP contribution < -0.4 is 0 Å². The van der Waals surface area contributed by atoms with Crippen molar-refractivity contribution in [3.05, 3.63) is 45.2 Å². The molecule has 0 aromatic heterocycles. The Balaban J connectivity index is 2.40. The summed E-state index contributed by atoms with van der Waals surface area (Å²) in [7, 11) is 0. The summed E-state index contributed by atoms with van der Waals surface area (Å²) in [6.45, 7) is 5.51. The second-order valence-electron chi connectivity index (χ2n) is 3.22. The molecule has 0 unspecified atom stereocenters. The fourth-order valence-corrected chi connectivity index (χ4v) is 1.70. The standard InChI is InChI=1S/C11H8INO2/c1-6-3-4-8(5-9(6)12)10-13-7(2)11(14)15-10/h3-5H,2H2,1H3. The monoisotopic (exact) mass is 313 g/mol. The van der Waals surface area contributed by atoms with Crippen LogP contribution in [0.25, 0.3) is 0 Å². The fraction of sp³-hybridized carbons (Fsp3) is 0.0909. The Morgan fingerprint density at radius 2 is 2.20 bits per heavy atom. The maximum atomic E-state index is 11.1. The Bertz CT molecular complexity index is 491. The second-order valence-corrected chi connectivity index (χ2v) is 4.38. The number of rotatable bonds is 1. The predicted octanol–water partition coefficient (Wildman–Crippen LogP) is 2.42. The normalized spacial score (nSPS) is 15.2. The van der Waals surface area contributed by atoms with Gasteiger partial charge in [0.1, 0.15) is 5.70 Å². The summed E-state index contributed by atoms with van der Waals surface area (Å²) in [6, 6.07) is 5.78. The number of carbonyl (C=O) groups is 1. The molecule has 0 aliphatic carbocycles. The van der Waals surface area contributed by atoms with E-state index in [-0.39, 0.29) is 5.70 Å². The number of halogens is 1. The molecule has 1 aliphatic rings. The number of benzene rings is 1. The van der Waals surface area contributed by atoms with E-state index in [2.05, 4.69) is 34.2 Å². The minimum atomic E-state index is -0.472. The molecule has 0 saturated carbocycles. The van der Waals surface area contributed by atoms with Crippen LogP contribution >= 0.6 is 22.6 Å². The molecule has 3 nitrogen and oxygen atoms in total. The second kappa shape index (κ2) is 3.77. The highest BCUT2D eigenvalue weighted by molar-refractivity contribution is 14.1. The van der Waals surface area contributed by atoms with Crippen molar-refractivity contribution in [1.29, 1.82) is 0 Å². The van der Waals surface area contributed by atoms with Crippen molar-refractivity contribution in [3.63, 3.8) is 0 Å². The quantitative estimate of drug-likeness (QED) is 0.454. The lowest BCUT2D eigenvalue weighted by molar-refractivity contribution is -0.129. The molecule has 0 radical (unpaired) electrons. The van der Waals surface area contributed by atoms with E-state index in [1.165, 1.54) is 5.56 Å². The number of cyclic esters (lactones) is 1. The van der Waals surface area contributed by atoms with E-state index in [4.69, 9.17) is 4.74 Å². The van der Waals surface area contributed by atoms with Gasteiger partial charge < -0.3 is 4.74 Å². The van der Waals surface area contributed by atoms with Crippen LogP contribution in [0.15, 0.2) is 35.5 Å². The topological polar surface area (TPSA) is 38.7 Å². The lowest BCUT2D eigenvalue weighted by atomic mass is 10.1. The number of ether oxygens (including phenoxy) is 1. The summed E-state index contributed by atoms with van der Waals surface area (Å²) >= 11 is 2.23. The van der Waals surface area contributed by atoms with Crippen molar-refractivity contribution in [2.45, 2.75) is 6.92 Å². The van der Waals surface area contributed by atoms with Crippen molar-refractivity contribution in [1.82, 2.24) is 0 Å². The van der Waals surface area contributed by atoms with Gasteiger partial charge in [-0.05, 0) is 47.2 Å². The van der Waals surface area contributed by atoms with Gasteiger partial charge in [-0.25, -0.2) is 9.79 Å². The van der Waals surface area contributed by atoms with Crippen LogP contribution in [0.3, 0.4) is 0 Å². The van der Waals surface area contributed by atoms with E-state index in [0.717, 1.165) is 9.13 Å². The zero-order valence-electron chi connectivity index (χ0n) is 8.08. The average molecular weight is 313 g/mol. The van der Waals surface area contributed by atoms with Crippen molar-refractivity contribution in [3.8, 4) is 0 Å². The molecule has 0 atom stereocenters. The van der Waals surface area contributed by atoms with E-state index >= 15 is 0 Å². The number of aryl methyl sites for hydroxylation is 1. The summed E-state index contributed by atoms with van der Waals surface area (Å²) in [6.07, 6.45) is 0. The summed E-state index contributed by atoms with van der Waals surface area (Å²) in [5, 5.41) is 0. The van der Waals surface area contributed by atoms with E-state index < -0.39 is 5.97 Å². The van der Waals surface area contributed by atoms with Crippen molar-refractivity contribution < 1.29 is 9.53 Å². The lowest BCUT2D eigenvalue weighted by Gasteiger charge is -2.02. The van der Waals surface area contributed by atoms with Gasteiger partial charge in [0, 0.05) is 9.13 Å². The molecule has 2 rings (SSSR count). The molecule has 0 amide bonds. The highest BCUT2D eigenvalue weighted by atomic mass is 127. The van der Waals surface area contributed by atoms with Gasteiger partial charge in [-0.3, -0.25) is 0 Å². The number of aliphatic imine (C=N–C) groups is 1.